The Kier molecular flexibility index (Phi) is 7.37. The van der Waals surface area contributed by atoms with Gasteiger partial charge in [-0.3, -0.25) is 0 Å². The van der Waals surface area contributed by atoms with Crippen LogP contribution in [-0.4, -0.2) is 34.7 Å². The predicted octanol–water partition coefficient (Wildman–Crippen LogP) is 1.73. The number of rotatable bonds is 10. The summed E-state index contributed by atoms with van der Waals surface area (Å²) < 4.78 is 37.5. The third-order valence-corrected chi connectivity index (χ3v) is 4.60. The molecular weight excluding hydrogens is 292 g/mol. The lowest BCUT2D eigenvalue weighted by molar-refractivity contribution is 0.198. The number of hydrogen-bond donors (Lipinski definition) is 2. The number of sulfonamides is 1. The van der Waals surface area contributed by atoms with Crippen LogP contribution in [0.2, 0.25) is 0 Å². The summed E-state index contributed by atoms with van der Waals surface area (Å²) in [7, 11) is -1.97. The van der Waals surface area contributed by atoms with Crippen molar-refractivity contribution in [2.24, 2.45) is 5.92 Å². The lowest BCUT2D eigenvalue weighted by Crippen LogP contribution is -2.37. The maximum absolute atomic E-state index is 12.3. The topological polar surface area (TPSA) is 80.6 Å². The summed E-state index contributed by atoms with van der Waals surface area (Å²) in [6.45, 7) is 7.69. The van der Waals surface area contributed by atoms with Gasteiger partial charge in [0.1, 0.15) is 5.76 Å². The first-order chi connectivity index (χ1) is 9.90. The van der Waals surface area contributed by atoms with Crippen LogP contribution >= 0.6 is 0 Å². The molecule has 21 heavy (non-hydrogen) atoms. The summed E-state index contributed by atoms with van der Waals surface area (Å²) in [5, 5.41) is 3.07. The van der Waals surface area contributed by atoms with E-state index in [1.54, 1.807) is 13.2 Å². The Balaban J connectivity index is 2.65. The van der Waals surface area contributed by atoms with Crippen molar-refractivity contribution in [1.29, 1.82) is 0 Å². The van der Waals surface area contributed by atoms with Crippen LogP contribution in [0.1, 0.15) is 33.0 Å². The summed E-state index contributed by atoms with van der Waals surface area (Å²) in [4.78, 5) is 0. The Hall–Kier alpha value is -0.890. The SMILES string of the molecule is CCC(NS(=O)(=O)c1ccc(CNCCOC)o1)C(C)C. The van der Waals surface area contributed by atoms with Gasteiger partial charge in [-0.05, 0) is 24.5 Å². The van der Waals surface area contributed by atoms with Gasteiger partial charge in [-0.1, -0.05) is 20.8 Å². The summed E-state index contributed by atoms with van der Waals surface area (Å²) in [5.41, 5.74) is 0. The molecule has 0 saturated heterocycles. The second kappa shape index (κ2) is 8.53. The van der Waals surface area contributed by atoms with Crippen LogP contribution in [0.15, 0.2) is 21.6 Å². The Bertz CT molecular complexity index is 511. The van der Waals surface area contributed by atoms with Crippen molar-refractivity contribution in [3.63, 3.8) is 0 Å². The van der Waals surface area contributed by atoms with E-state index in [4.69, 9.17) is 9.15 Å². The van der Waals surface area contributed by atoms with Gasteiger partial charge in [0.2, 0.25) is 5.09 Å². The van der Waals surface area contributed by atoms with E-state index in [0.717, 1.165) is 6.42 Å². The van der Waals surface area contributed by atoms with Gasteiger partial charge in [0.15, 0.2) is 0 Å². The monoisotopic (exact) mass is 318 g/mol. The maximum atomic E-state index is 12.3. The molecule has 122 valence electrons. The van der Waals surface area contributed by atoms with Gasteiger partial charge >= 0.3 is 0 Å². The van der Waals surface area contributed by atoms with Gasteiger partial charge in [-0.25, -0.2) is 13.1 Å². The summed E-state index contributed by atoms with van der Waals surface area (Å²) in [6.07, 6.45) is 0.739. The fourth-order valence-corrected chi connectivity index (χ4v) is 3.35. The lowest BCUT2D eigenvalue weighted by Gasteiger charge is -2.19. The molecule has 7 heteroatoms. The highest BCUT2D eigenvalue weighted by atomic mass is 32.2. The quantitative estimate of drug-likeness (QED) is 0.642. The zero-order valence-electron chi connectivity index (χ0n) is 13.2. The smallest absolute Gasteiger partial charge is 0.274 e. The van der Waals surface area contributed by atoms with Crippen molar-refractivity contribution in [3.05, 3.63) is 17.9 Å². The van der Waals surface area contributed by atoms with Crippen molar-refractivity contribution in [3.8, 4) is 0 Å². The zero-order valence-corrected chi connectivity index (χ0v) is 14.0. The molecule has 1 aromatic rings. The molecule has 1 unspecified atom stereocenters. The molecule has 0 aromatic carbocycles. The molecule has 1 rings (SSSR count). The predicted molar refractivity (Wildman–Crippen MR) is 81.5 cm³/mol. The van der Waals surface area contributed by atoms with E-state index in [1.165, 1.54) is 6.07 Å². The van der Waals surface area contributed by atoms with Crippen molar-refractivity contribution in [2.45, 2.75) is 44.9 Å². The van der Waals surface area contributed by atoms with Gasteiger partial charge in [-0.15, -0.1) is 0 Å². The highest BCUT2D eigenvalue weighted by Gasteiger charge is 2.24. The van der Waals surface area contributed by atoms with Gasteiger partial charge in [0, 0.05) is 19.7 Å². The average molecular weight is 318 g/mol. The fourth-order valence-electron chi connectivity index (χ4n) is 1.93. The first-order valence-corrected chi connectivity index (χ1v) is 8.69. The Morgan fingerprint density at radius 2 is 2.05 bits per heavy atom. The second-order valence-electron chi connectivity index (χ2n) is 5.27. The lowest BCUT2D eigenvalue weighted by atomic mass is 10.0. The molecule has 0 aliphatic rings. The first-order valence-electron chi connectivity index (χ1n) is 7.21. The second-order valence-corrected chi connectivity index (χ2v) is 6.92. The molecule has 0 spiro atoms. The molecule has 0 aliphatic heterocycles. The molecule has 0 fully saturated rings. The van der Waals surface area contributed by atoms with E-state index in [-0.39, 0.29) is 17.1 Å². The minimum Gasteiger partial charge on any atom is -0.447 e. The first kappa shape index (κ1) is 18.2. The highest BCUT2D eigenvalue weighted by Crippen LogP contribution is 2.16. The molecule has 6 nitrogen and oxygen atoms in total. The average Bonchev–Trinajstić information content (AvgIpc) is 2.90. The third kappa shape index (κ3) is 5.78. The summed E-state index contributed by atoms with van der Waals surface area (Å²) >= 11 is 0. The highest BCUT2D eigenvalue weighted by molar-refractivity contribution is 7.89. The van der Waals surface area contributed by atoms with Crippen LogP contribution in [0.25, 0.3) is 0 Å². The number of furan rings is 1. The van der Waals surface area contributed by atoms with Crippen molar-refractivity contribution in [2.75, 3.05) is 20.3 Å². The van der Waals surface area contributed by atoms with Crippen LogP contribution in [-0.2, 0) is 21.3 Å². The van der Waals surface area contributed by atoms with Crippen molar-refractivity contribution >= 4 is 10.0 Å². The minimum absolute atomic E-state index is 0.0369. The number of methoxy groups -OCH3 is 1. The van der Waals surface area contributed by atoms with E-state index in [0.29, 0.717) is 25.5 Å². The summed E-state index contributed by atoms with van der Waals surface area (Å²) in [6, 6.07) is 3.07. The molecule has 1 atom stereocenters. The van der Waals surface area contributed by atoms with Gasteiger partial charge in [0.05, 0.1) is 13.2 Å². The van der Waals surface area contributed by atoms with E-state index >= 15 is 0 Å². The largest absolute Gasteiger partial charge is 0.447 e. The molecule has 1 aromatic heterocycles. The fraction of sp³-hybridized carbons (Fsp3) is 0.714. The molecule has 2 N–H and O–H groups in total. The Morgan fingerprint density at radius 1 is 1.33 bits per heavy atom. The van der Waals surface area contributed by atoms with Crippen LogP contribution in [0.5, 0.6) is 0 Å². The number of nitrogens with one attached hydrogen (secondary N) is 2. The zero-order chi connectivity index (χ0) is 15.9. The Labute approximate surface area is 127 Å². The van der Waals surface area contributed by atoms with Gasteiger partial charge in [-0.2, -0.15) is 0 Å². The van der Waals surface area contributed by atoms with Gasteiger partial charge < -0.3 is 14.5 Å². The summed E-state index contributed by atoms with van der Waals surface area (Å²) in [5.74, 6) is 0.819. The van der Waals surface area contributed by atoms with Gasteiger partial charge in [0.25, 0.3) is 10.0 Å². The molecule has 0 aliphatic carbocycles. The van der Waals surface area contributed by atoms with Crippen LogP contribution in [0, 0.1) is 5.92 Å². The number of ether oxygens (including phenoxy) is 1. The van der Waals surface area contributed by atoms with Crippen molar-refractivity contribution < 1.29 is 17.6 Å². The van der Waals surface area contributed by atoms with E-state index in [2.05, 4.69) is 10.0 Å². The molecule has 0 radical (unpaired) electrons. The molecule has 0 bridgehead atoms. The standard InChI is InChI=1S/C14H26N2O4S/c1-5-13(11(2)3)16-21(17,18)14-7-6-12(20-14)10-15-8-9-19-4/h6-7,11,13,15-16H,5,8-10H2,1-4H3. The van der Waals surface area contributed by atoms with E-state index in [9.17, 15) is 8.42 Å². The molecule has 1 heterocycles. The minimum atomic E-state index is -3.60. The van der Waals surface area contributed by atoms with E-state index < -0.39 is 10.0 Å². The number of hydrogen-bond acceptors (Lipinski definition) is 5. The maximum Gasteiger partial charge on any atom is 0.274 e. The van der Waals surface area contributed by atoms with E-state index in [1.807, 2.05) is 20.8 Å². The molecule has 0 saturated carbocycles. The van der Waals surface area contributed by atoms with Crippen LogP contribution in [0.4, 0.5) is 0 Å². The van der Waals surface area contributed by atoms with Crippen LogP contribution < -0.4 is 10.0 Å². The third-order valence-electron chi connectivity index (χ3n) is 3.24. The molecular formula is C14H26N2O4S. The Morgan fingerprint density at radius 3 is 2.62 bits per heavy atom. The van der Waals surface area contributed by atoms with Crippen LogP contribution in [0.3, 0.4) is 0 Å². The molecule has 0 amide bonds. The van der Waals surface area contributed by atoms with Crippen molar-refractivity contribution in [1.82, 2.24) is 10.0 Å². The normalized spacial score (nSPS) is 13.8.